The number of aromatic nitrogens is 2. The highest BCUT2D eigenvalue weighted by atomic mass is 32.2. The van der Waals surface area contributed by atoms with Crippen LogP contribution in [0, 0.1) is 5.41 Å². The van der Waals surface area contributed by atoms with E-state index in [0.717, 1.165) is 25.0 Å². The standard InChI is InChI=1S/C17H21N3O3S/c21-24(22,20-11-17(12-20)6-1-9-23-13-17)16-4-2-15(3-5-16)10-19-8-7-18-14-19/h2-5,7-8,14H,1,6,9-13H2. The molecule has 0 saturated carbocycles. The number of hydrogen-bond donors (Lipinski definition) is 0. The maximum atomic E-state index is 12.7. The molecule has 2 aromatic rings. The van der Waals surface area contributed by atoms with E-state index >= 15 is 0 Å². The van der Waals surface area contributed by atoms with Crippen LogP contribution in [0.3, 0.4) is 0 Å². The summed E-state index contributed by atoms with van der Waals surface area (Å²) >= 11 is 0. The van der Waals surface area contributed by atoms with Crippen LogP contribution in [-0.2, 0) is 21.3 Å². The molecule has 3 heterocycles. The molecule has 0 N–H and O–H groups in total. The zero-order chi connectivity index (χ0) is 16.6. The van der Waals surface area contributed by atoms with Crippen molar-refractivity contribution in [3.8, 4) is 0 Å². The van der Waals surface area contributed by atoms with Crippen molar-refractivity contribution >= 4 is 10.0 Å². The fourth-order valence-corrected chi connectivity index (χ4v) is 5.20. The smallest absolute Gasteiger partial charge is 0.243 e. The van der Waals surface area contributed by atoms with Crippen LogP contribution in [0.2, 0.25) is 0 Å². The van der Waals surface area contributed by atoms with Crippen LogP contribution in [-0.4, -0.2) is 48.6 Å². The van der Waals surface area contributed by atoms with Crippen LogP contribution in [0.1, 0.15) is 18.4 Å². The first-order valence-corrected chi connectivity index (χ1v) is 9.64. The molecule has 0 aliphatic carbocycles. The molecular formula is C17H21N3O3S. The van der Waals surface area contributed by atoms with Crippen LogP contribution >= 0.6 is 0 Å². The molecule has 1 aromatic heterocycles. The van der Waals surface area contributed by atoms with E-state index in [2.05, 4.69) is 4.98 Å². The van der Waals surface area contributed by atoms with Gasteiger partial charge in [-0.05, 0) is 30.5 Å². The van der Waals surface area contributed by atoms with Gasteiger partial charge in [-0.15, -0.1) is 0 Å². The van der Waals surface area contributed by atoms with Crippen molar-refractivity contribution in [1.82, 2.24) is 13.9 Å². The third-order valence-electron chi connectivity index (χ3n) is 4.91. The average Bonchev–Trinajstić information content (AvgIpc) is 3.07. The number of ether oxygens (including phenoxy) is 1. The largest absolute Gasteiger partial charge is 0.381 e. The summed E-state index contributed by atoms with van der Waals surface area (Å²) in [6, 6.07) is 7.13. The van der Waals surface area contributed by atoms with E-state index in [1.165, 1.54) is 0 Å². The topological polar surface area (TPSA) is 64.4 Å². The minimum Gasteiger partial charge on any atom is -0.381 e. The molecule has 1 aromatic carbocycles. The maximum absolute atomic E-state index is 12.7. The van der Waals surface area contributed by atoms with Crippen molar-refractivity contribution in [1.29, 1.82) is 0 Å². The number of benzene rings is 1. The Morgan fingerprint density at radius 3 is 2.62 bits per heavy atom. The molecule has 0 unspecified atom stereocenters. The van der Waals surface area contributed by atoms with Crippen LogP contribution in [0.4, 0.5) is 0 Å². The number of imidazole rings is 1. The number of sulfonamides is 1. The van der Waals surface area contributed by atoms with Gasteiger partial charge in [-0.25, -0.2) is 13.4 Å². The van der Waals surface area contributed by atoms with E-state index in [1.54, 1.807) is 29.0 Å². The van der Waals surface area contributed by atoms with Crippen LogP contribution < -0.4 is 0 Å². The molecule has 0 atom stereocenters. The molecule has 2 saturated heterocycles. The molecule has 0 amide bonds. The number of nitrogens with zero attached hydrogens (tertiary/aromatic N) is 3. The molecule has 4 rings (SSSR count). The highest BCUT2D eigenvalue weighted by molar-refractivity contribution is 7.89. The monoisotopic (exact) mass is 347 g/mol. The van der Waals surface area contributed by atoms with Gasteiger partial charge in [0.1, 0.15) is 0 Å². The average molecular weight is 347 g/mol. The third kappa shape index (κ3) is 2.87. The molecule has 128 valence electrons. The van der Waals surface area contributed by atoms with Crippen molar-refractivity contribution in [2.24, 2.45) is 5.41 Å². The molecule has 0 bridgehead atoms. The minimum atomic E-state index is -3.40. The first-order chi connectivity index (χ1) is 11.6. The highest BCUT2D eigenvalue weighted by Crippen LogP contribution is 2.40. The summed E-state index contributed by atoms with van der Waals surface area (Å²) in [5.41, 5.74) is 1.10. The first-order valence-electron chi connectivity index (χ1n) is 8.20. The molecule has 1 spiro atoms. The summed E-state index contributed by atoms with van der Waals surface area (Å²) in [5, 5.41) is 0. The van der Waals surface area contributed by atoms with Gasteiger partial charge in [0.2, 0.25) is 10.0 Å². The normalized spacial score (nSPS) is 20.8. The van der Waals surface area contributed by atoms with Gasteiger partial charge < -0.3 is 9.30 Å². The lowest BCUT2D eigenvalue weighted by atomic mass is 9.77. The second kappa shape index (κ2) is 5.98. The quantitative estimate of drug-likeness (QED) is 0.845. The van der Waals surface area contributed by atoms with Gasteiger partial charge in [-0.1, -0.05) is 12.1 Å². The van der Waals surface area contributed by atoms with Crippen LogP contribution in [0.5, 0.6) is 0 Å². The van der Waals surface area contributed by atoms with E-state index in [4.69, 9.17) is 4.74 Å². The zero-order valence-corrected chi connectivity index (χ0v) is 14.3. The second-order valence-electron chi connectivity index (χ2n) is 6.81. The summed E-state index contributed by atoms with van der Waals surface area (Å²) in [6.45, 7) is 3.32. The summed E-state index contributed by atoms with van der Waals surface area (Å²) in [5.74, 6) is 0. The predicted octanol–water partition coefficient (Wildman–Crippen LogP) is 1.73. The van der Waals surface area contributed by atoms with Gasteiger partial charge in [0.05, 0.1) is 17.8 Å². The SMILES string of the molecule is O=S(=O)(c1ccc(Cn2ccnc2)cc1)N1CC2(CCCOC2)C1. The summed E-state index contributed by atoms with van der Waals surface area (Å²) in [4.78, 5) is 4.37. The summed E-state index contributed by atoms with van der Waals surface area (Å²) in [6.07, 6.45) is 7.44. The molecule has 2 aliphatic rings. The molecule has 6 nitrogen and oxygen atoms in total. The van der Waals surface area contributed by atoms with E-state index in [9.17, 15) is 8.42 Å². The van der Waals surface area contributed by atoms with Crippen LogP contribution in [0.15, 0.2) is 47.9 Å². The number of hydrogen-bond acceptors (Lipinski definition) is 4. The lowest BCUT2D eigenvalue weighted by Crippen LogP contribution is -2.61. The Morgan fingerprint density at radius 1 is 1.21 bits per heavy atom. The highest BCUT2D eigenvalue weighted by Gasteiger charge is 2.49. The third-order valence-corrected chi connectivity index (χ3v) is 6.72. The van der Waals surface area contributed by atoms with Gasteiger partial charge >= 0.3 is 0 Å². The minimum absolute atomic E-state index is 0.0483. The van der Waals surface area contributed by atoms with Crippen LogP contribution in [0.25, 0.3) is 0 Å². The zero-order valence-electron chi connectivity index (χ0n) is 13.5. The van der Waals surface area contributed by atoms with Crippen molar-refractivity contribution < 1.29 is 13.2 Å². The first kappa shape index (κ1) is 15.8. The Labute approximate surface area is 142 Å². The molecule has 2 fully saturated rings. The Balaban J connectivity index is 1.45. The number of rotatable bonds is 4. The van der Waals surface area contributed by atoms with Gasteiger partial charge in [0.15, 0.2) is 0 Å². The molecule has 2 aliphatic heterocycles. The fourth-order valence-electron chi connectivity index (χ4n) is 3.54. The van der Waals surface area contributed by atoms with Crippen molar-refractivity contribution in [2.45, 2.75) is 24.3 Å². The molecule has 0 radical (unpaired) electrons. The summed E-state index contributed by atoms with van der Waals surface area (Å²) < 4.78 is 34.5. The van der Waals surface area contributed by atoms with E-state index in [-0.39, 0.29) is 5.41 Å². The Kier molecular flexibility index (Phi) is 3.94. The summed E-state index contributed by atoms with van der Waals surface area (Å²) in [7, 11) is -3.40. The molecule has 24 heavy (non-hydrogen) atoms. The lowest BCUT2D eigenvalue weighted by molar-refractivity contribution is -0.0701. The van der Waals surface area contributed by atoms with E-state index in [0.29, 0.717) is 31.1 Å². The van der Waals surface area contributed by atoms with E-state index < -0.39 is 10.0 Å². The maximum Gasteiger partial charge on any atom is 0.243 e. The Hall–Kier alpha value is -1.70. The Bertz CT molecular complexity index is 786. The van der Waals surface area contributed by atoms with Gasteiger partial charge in [-0.3, -0.25) is 0 Å². The van der Waals surface area contributed by atoms with Crippen molar-refractivity contribution in [3.63, 3.8) is 0 Å². The van der Waals surface area contributed by atoms with Gasteiger partial charge in [0.25, 0.3) is 0 Å². The second-order valence-corrected chi connectivity index (χ2v) is 8.75. The van der Waals surface area contributed by atoms with Crippen molar-refractivity contribution in [3.05, 3.63) is 48.5 Å². The van der Waals surface area contributed by atoms with Gasteiger partial charge in [-0.2, -0.15) is 4.31 Å². The van der Waals surface area contributed by atoms with Gasteiger partial charge in [0, 0.05) is 44.0 Å². The fraction of sp³-hybridized carbons (Fsp3) is 0.471. The molecule has 7 heteroatoms. The lowest BCUT2D eigenvalue weighted by Gasteiger charge is -2.50. The van der Waals surface area contributed by atoms with E-state index in [1.807, 2.05) is 22.9 Å². The van der Waals surface area contributed by atoms with Crippen molar-refractivity contribution in [2.75, 3.05) is 26.3 Å². The molecular weight excluding hydrogens is 326 g/mol. The Morgan fingerprint density at radius 2 is 2.00 bits per heavy atom. The predicted molar refractivity (Wildman–Crippen MR) is 89.0 cm³/mol.